The Bertz CT molecular complexity index is 424. The van der Waals surface area contributed by atoms with Crippen molar-refractivity contribution >= 4 is 17.3 Å². The van der Waals surface area contributed by atoms with Crippen molar-refractivity contribution in [1.82, 2.24) is 0 Å². The molecule has 0 saturated heterocycles. The van der Waals surface area contributed by atoms with Crippen LogP contribution in [-0.2, 0) is 4.79 Å². The first kappa shape index (κ1) is 16.9. The Morgan fingerprint density at radius 2 is 2.22 bits per heavy atom. The summed E-state index contributed by atoms with van der Waals surface area (Å²) in [7, 11) is 1.55. The molecule has 0 amide bonds. The number of nitrogens with two attached hydrogens (primary N) is 1. The number of ether oxygens (including phenoxy) is 1. The van der Waals surface area contributed by atoms with E-state index >= 15 is 0 Å². The fraction of sp³-hybridized carbons (Fsp3) is 0.364. The number of carboxylic acids is 1. The first-order chi connectivity index (χ1) is 8.13. The summed E-state index contributed by atoms with van der Waals surface area (Å²) in [5.41, 5.74) is 6.73. The maximum absolute atomic E-state index is 10.1. The maximum atomic E-state index is 10.1. The SMILES string of the molecule is COc1ccc(N=NCCCC(=O)[O-])c(N)c1.[Na+]. The van der Waals surface area contributed by atoms with E-state index in [1.165, 1.54) is 0 Å². The summed E-state index contributed by atoms with van der Waals surface area (Å²) < 4.78 is 4.99. The van der Waals surface area contributed by atoms with Crippen molar-refractivity contribution in [2.75, 3.05) is 19.4 Å². The number of anilines is 1. The van der Waals surface area contributed by atoms with Gasteiger partial charge >= 0.3 is 29.6 Å². The van der Waals surface area contributed by atoms with Crippen LogP contribution >= 0.6 is 0 Å². The third-order valence-corrected chi connectivity index (χ3v) is 2.05. The van der Waals surface area contributed by atoms with Crippen LogP contribution in [0.5, 0.6) is 5.75 Å². The molecule has 0 unspecified atom stereocenters. The zero-order chi connectivity index (χ0) is 12.7. The molecule has 0 atom stereocenters. The van der Waals surface area contributed by atoms with Gasteiger partial charge in [-0.2, -0.15) is 10.2 Å². The normalized spacial score (nSPS) is 10.1. The van der Waals surface area contributed by atoms with Gasteiger partial charge in [0.15, 0.2) is 0 Å². The average molecular weight is 259 g/mol. The minimum absolute atomic E-state index is 0. The molecule has 0 bridgehead atoms. The number of rotatable bonds is 6. The summed E-state index contributed by atoms with van der Waals surface area (Å²) in [6, 6.07) is 5.07. The number of hydrogen-bond donors (Lipinski definition) is 1. The van der Waals surface area contributed by atoms with Crippen molar-refractivity contribution in [3.05, 3.63) is 18.2 Å². The Hall–Kier alpha value is -1.11. The van der Waals surface area contributed by atoms with Gasteiger partial charge in [-0.3, -0.25) is 0 Å². The third kappa shape index (κ3) is 6.00. The minimum Gasteiger partial charge on any atom is -0.550 e. The van der Waals surface area contributed by atoms with Crippen molar-refractivity contribution in [3.8, 4) is 5.75 Å². The van der Waals surface area contributed by atoms with E-state index in [0.717, 1.165) is 0 Å². The molecule has 18 heavy (non-hydrogen) atoms. The van der Waals surface area contributed by atoms with E-state index in [9.17, 15) is 9.90 Å². The van der Waals surface area contributed by atoms with Crippen LogP contribution in [0, 0.1) is 0 Å². The number of hydrogen-bond acceptors (Lipinski definition) is 6. The average Bonchev–Trinajstić information content (AvgIpc) is 2.30. The predicted molar refractivity (Wildman–Crippen MR) is 61.0 cm³/mol. The second-order valence-electron chi connectivity index (χ2n) is 3.37. The molecule has 1 rings (SSSR count). The van der Waals surface area contributed by atoms with Crippen molar-refractivity contribution in [3.63, 3.8) is 0 Å². The predicted octanol–water partition coefficient (Wildman–Crippen LogP) is -2.10. The van der Waals surface area contributed by atoms with Gasteiger partial charge in [-0.25, -0.2) is 0 Å². The largest absolute Gasteiger partial charge is 1.00 e. The van der Waals surface area contributed by atoms with Crippen LogP contribution in [0.25, 0.3) is 0 Å². The summed E-state index contributed by atoms with van der Waals surface area (Å²) in [4.78, 5) is 10.1. The molecular weight excluding hydrogens is 245 g/mol. The molecule has 7 heteroatoms. The van der Waals surface area contributed by atoms with Crippen molar-refractivity contribution in [2.45, 2.75) is 12.8 Å². The third-order valence-electron chi connectivity index (χ3n) is 2.05. The Balaban J connectivity index is 0.00000289. The molecule has 6 nitrogen and oxygen atoms in total. The summed E-state index contributed by atoms with van der Waals surface area (Å²) in [6.45, 7) is 0.333. The topological polar surface area (TPSA) is 100 Å². The van der Waals surface area contributed by atoms with Gasteiger partial charge in [-0.1, -0.05) is 0 Å². The van der Waals surface area contributed by atoms with Crippen molar-refractivity contribution in [1.29, 1.82) is 0 Å². The summed E-state index contributed by atoms with van der Waals surface area (Å²) in [6.07, 6.45) is 0.388. The van der Waals surface area contributed by atoms with Crippen LogP contribution in [0.4, 0.5) is 11.4 Å². The molecule has 0 radical (unpaired) electrons. The van der Waals surface area contributed by atoms with Gasteiger partial charge in [0.05, 0.1) is 19.3 Å². The molecule has 1 aromatic rings. The number of nitrogens with zero attached hydrogens (tertiary/aromatic N) is 2. The summed E-state index contributed by atoms with van der Waals surface area (Å²) in [5, 5.41) is 17.9. The Morgan fingerprint density at radius 1 is 1.50 bits per heavy atom. The van der Waals surface area contributed by atoms with E-state index in [2.05, 4.69) is 10.2 Å². The van der Waals surface area contributed by atoms with Crippen LogP contribution in [-0.4, -0.2) is 19.6 Å². The smallest absolute Gasteiger partial charge is 0.550 e. The number of aliphatic carboxylic acids is 1. The van der Waals surface area contributed by atoms with Crippen LogP contribution in [0.15, 0.2) is 28.4 Å². The van der Waals surface area contributed by atoms with Crippen molar-refractivity contribution in [2.24, 2.45) is 10.2 Å². The number of carbonyl (C=O) groups is 1. The van der Waals surface area contributed by atoms with Crippen molar-refractivity contribution < 1.29 is 44.2 Å². The number of azo groups is 1. The van der Waals surface area contributed by atoms with E-state index in [1.807, 2.05) is 0 Å². The molecule has 1 aromatic carbocycles. The molecule has 0 aliphatic heterocycles. The molecule has 0 aromatic heterocycles. The van der Waals surface area contributed by atoms with Gasteiger partial charge in [0.1, 0.15) is 11.4 Å². The van der Waals surface area contributed by atoms with Gasteiger partial charge in [0, 0.05) is 12.0 Å². The molecule has 92 valence electrons. The second-order valence-corrected chi connectivity index (χ2v) is 3.37. The maximum Gasteiger partial charge on any atom is 1.00 e. The monoisotopic (exact) mass is 259 g/mol. The zero-order valence-corrected chi connectivity index (χ0v) is 12.5. The molecule has 0 spiro atoms. The van der Waals surface area contributed by atoms with Gasteiger partial charge in [0.2, 0.25) is 0 Å². The number of carboxylic acid groups (broad SMARTS) is 1. The van der Waals surface area contributed by atoms with E-state index in [4.69, 9.17) is 10.5 Å². The molecule has 0 aliphatic carbocycles. The number of benzene rings is 1. The summed E-state index contributed by atoms with van der Waals surface area (Å²) in [5.74, 6) is -0.428. The number of methoxy groups -OCH3 is 1. The Labute approximate surface area is 128 Å². The number of nitrogen functional groups attached to an aromatic ring is 1. The van der Waals surface area contributed by atoms with Gasteiger partial charge < -0.3 is 20.4 Å². The molecule has 0 aliphatic rings. The Kier molecular flexibility index (Phi) is 8.36. The molecule has 2 N–H and O–H groups in total. The molecule has 0 fully saturated rings. The first-order valence-electron chi connectivity index (χ1n) is 5.14. The van der Waals surface area contributed by atoms with Gasteiger partial charge in [-0.15, -0.1) is 0 Å². The van der Waals surface area contributed by atoms with Gasteiger partial charge in [-0.05, 0) is 25.0 Å². The zero-order valence-electron chi connectivity index (χ0n) is 10.5. The van der Waals surface area contributed by atoms with E-state index in [0.29, 0.717) is 30.1 Å². The van der Waals surface area contributed by atoms with Crippen LogP contribution in [0.1, 0.15) is 12.8 Å². The Morgan fingerprint density at radius 3 is 2.78 bits per heavy atom. The van der Waals surface area contributed by atoms with Crippen LogP contribution in [0.3, 0.4) is 0 Å². The summed E-state index contributed by atoms with van der Waals surface area (Å²) >= 11 is 0. The standard InChI is InChI=1S/C11H15N3O3.Na/c1-17-8-4-5-10(9(12)7-8)14-13-6-2-3-11(15)16;/h4-5,7H,2-3,6,12H2,1H3,(H,15,16);/q;+1/p-1. The van der Waals surface area contributed by atoms with Crippen LogP contribution in [0.2, 0.25) is 0 Å². The van der Waals surface area contributed by atoms with E-state index in [-0.39, 0.29) is 36.0 Å². The molecule has 0 saturated carbocycles. The molecular formula is C11H14N3NaO3. The second kappa shape index (κ2) is 8.91. The van der Waals surface area contributed by atoms with E-state index in [1.54, 1.807) is 25.3 Å². The van der Waals surface area contributed by atoms with Gasteiger partial charge in [0.25, 0.3) is 0 Å². The first-order valence-corrected chi connectivity index (χ1v) is 5.14. The van der Waals surface area contributed by atoms with E-state index < -0.39 is 5.97 Å². The quantitative estimate of drug-likeness (QED) is 0.273. The fourth-order valence-corrected chi connectivity index (χ4v) is 1.17. The molecule has 0 heterocycles. The van der Waals surface area contributed by atoms with Crippen LogP contribution < -0.4 is 45.1 Å². The number of carbonyl (C=O) groups excluding carboxylic acids is 1. The minimum atomic E-state index is -1.08. The fourth-order valence-electron chi connectivity index (χ4n) is 1.17.